The molecule has 36 heavy (non-hydrogen) atoms. The van der Waals surface area contributed by atoms with Crippen molar-refractivity contribution in [2.24, 2.45) is 0 Å². The molecule has 3 rings (SSSR count). The third-order valence-electron chi connectivity index (χ3n) is 6.42. The Bertz CT molecular complexity index is 1050. The Morgan fingerprint density at radius 2 is 1.89 bits per heavy atom. The Morgan fingerprint density at radius 1 is 1.19 bits per heavy atom. The number of ether oxygens (including phenoxy) is 3. The molecule has 0 bridgehead atoms. The minimum Gasteiger partial charge on any atom is -0.496 e. The number of likely N-dealkylation sites (tertiary alicyclic amines) is 1. The van der Waals surface area contributed by atoms with Crippen LogP contribution in [-0.4, -0.2) is 62.3 Å². The summed E-state index contributed by atoms with van der Waals surface area (Å²) in [6.45, 7) is 6.43. The molecule has 1 aromatic rings. The van der Waals surface area contributed by atoms with Crippen molar-refractivity contribution in [3.63, 3.8) is 0 Å². The Kier molecular flexibility index (Phi) is 8.99. The van der Waals surface area contributed by atoms with E-state index >= 15 is 0 Å². The summed E-state index contributed by atoms with van der Waals surface area (Å²) in [6, 6.07) is 0. The third kappa shape index (κ3) is 6.57. The van der Waals surface area contributed by atoms with Gasteiger partial charge in [-0.15, -0.1) is 0 Å². The molecular weight excluding hydrogens is 481 g/mol. The van der Waals surface area contributed by atoms with Crippen molar-refractivity contribution in [2.45, 2.75) is 58.7 Å². The van der Waals surface area contributed by atoms with Crippen LogP contribution < -0.4 is 10.1 Å². The van der Waals surface area contributed by atoms with E-state index in [0.29, 0.717) is 30.7 Å². The van der Waals surface area contributed by atoms with Gasteiger partial charge in [0.25, 0.3) is 0 Å². The molecule has 1 fully saturated rings. The first-order chi connectivity index (χ1) is 17.0. The van der Waals surface area contributed by atoms with Gasteiger partial charge in [-0.3, -0.25) is 14.5 Å². The average molecular weight is 513 g/mol. The van der Waals surface area contributed by atoms with Crippen molar-refractivity contribution in [3.05, 3.63) is 33.9 Å². The predicted molar refractivity (Wildman–Crippen MR) is 125 cm³/mol. The van der Waals surface area contributed by atoms with Crippen molar-refractivity contribution >= 4 is 23.5 Å². The van der Waals surface area contributed by atoms with E-state index in [9.17, 15) is 27.6 Å². The summed E-state index contributed by atoms with van der Waals surface area (Å²) in [5.74, 6) is -3.08. The van der Waals surface area contributed by atoms with Crippen LogP contribution in [0.25, 0.3) is 0 Å². The van der Waals surface area contributed by atoms with Gasteiger partial charge in [-0.2, -0.15) is 13.2 Å². The maximum Gasteiger partial charge on any atom is 0.471 e. The molecule has 0 atom stereocenters. The number of methoxy groups -OCH3 is 1. The smallest absolute Gasteiger partial charge is 0.471 e. The number of nitrogens with zero attached hydrogens (tertiary/aromatic N) is 1. The third-order valence-corrected chi connectivity index (χ3v) is 6.42. The molecule has 2 heterocycles. The number of benzene rings is 1. The molecule has 1 saturated heterocycles. The summed E-state index contributed by atoms with van der Waals surface area (Å²) in [5, 5.41) is 1.85. The summed E-state index contributed by atoms with van der Waals surface area (Å²) >= 11 is 0. The van der Waals surface area contributed by atoms with E-state index < -0.39 is 18.1 Å². The lowest BCUT2D eigenvalue weighted by Crippen LogP contribution is -2.31. The van der Waals surface area contributed by atoms with Gasteiger partial charge in [-0.25, -0.2) is 4.79 Å². The van der Waals surface area contributed by atoms with Crippen LogP contribution in [0.2, 0.25) is 0 Å². The van der Waals surface area contributed by atoms with Gasteiger partial charge < -0.3 is 19.5 Å². The van der Waals surface area contributed by atoms with E-state index in [0.717, 1.165) is 31.5 Å². The molecule has 0 radical (unpaired) electrons. The number of amides is 1. The standard InChI is InChI=1S/C25H31F3N2O6/c1-15(7-9-19(31)35-13-12-30-10-4-5-11-30)6-8-17-21(29-24(33)25(26,27)28)20-18(14-36-23(20)32)16(2)22(17)34-3/h6H,4-5,7-14H2,1-3H3,(H,29,33). The fourth-order valence-corrected chi connectivity index (χ4v) is 4.42. The van der Waals surface area contributed by atoms with Crippen LogP contribution in [0.15, 0.2) is 11.6 Å². The Hall–Kier alpha value is -3.08. The molecule has 0 unspecified atom stereocenters. The van der Waals surface area contributed by atoms with Crippen molar-refractivity contribution in [1.82, 2.24) is 4.90 Å². The number of nitrogens with one attached hydrogen (secondary N) is 1. The number of rotatable bonds is 10. The van der Waals surface area contributed by atoms with Crippen LogP contribution in [0.3, 0.4) is 0 Å². The van der Waals surface area contributed by atoms with E-state index in [1.165, 1.54) is 7.11 Å². The number of cyclic esters (lactones) is 1. The van der Waals surface area contributed by atoms with Gasteiger partial charge >= 0.3 is 24.0 Å². The number of allylic oxidation sites excluding steroid dienone is 2. The number of hydrogen-bond donors (Lipinski definition) is 1. The van der Waals surface area contributed by atoms with Gasteiger partial charge in [-0.05, 0) is 58.2 Å². The highest BCUT2D eigenvalue weighted by Gasteiger charge is 2.41. The van der Waals surface area contributed by atoms with Crippen molar-refractivity contribution in [3.8, 4) is 5.75 Å². The molecule has 1 N–H and O–H groups in total. The molecule has 0 saturated carbocycles. The quantitative estimate of drug-likeness (QED) is 0.373. The molecular formula is C25H31F3N2O6. The first-order valence-corrected chi connectivity index (χ1v) is 11.8. The summed E-state index contributed by atoms with van der Waals surface area (Å²) in [5.41, 5.74) is 1.55. The minimum absolute atomic E-state index is 0.0634. The number of esters is 2. The Balaban J connectivity index is 1.74. The second-order valence-electron chi connectivity index (χ2n) is 8.92. The van der Waals surface area contributed by atoms with Crippen LogP contribution in [0.4, 0.5) is 18.9 Å². The van der Waals surface area contributed by atoms with Gasteiger partial charge in [0.05, 0.1) is 18.4 Å². The van der Waals surface area contributed by atoms with Crippen molar-refractivity contribution in [1.29, 1.82) is 0 Å². The van der Waals surface area contributed by atoms with Crippen LogP contribution in [-0.2, 0) is 32.1 Å². The molecule has 8 nitrogen and oxygen atoms in total. The van der Waals surface area contributed by atoms with E-state index in [4.69, 9.17) is 14.2 Å². The topological polar surface area (TPSA) is 94.2 Å². The number of anilines is 1. The number of carbonyl (C=O) groups excluding carboxylic acids is 3. The molecule has 11 heteroatoms. The zero-order valence-corrected chi connectivity index (χ0v) is 20.7. The maximum absolute atomic E-state index is 13.0. The number of hydrogen-bond acceptors (Lipinski definition) is 7. The van der Waals surface area contributed by atoms with E-state index in [-0.39, 0.29) is 48.0 Å². The zero-order chi connectivity index (χ0) is 26.5. The summed E-state index contributed by atoms with van der Waals surface area (Å²) < 4.78 is 54.8. The summed E-state index contributed by atoms with van der Waals surface area (Å²) in [6.07, 6.45) is -0.484. The molecule has 198 valence electrons. The van der Waals surface area contributed by atoms with Gasteiger partial charge in [0, 0.05) is 24.1 Å². The molecule has 2 aliphatic rings. The Labute approximate surface area is 207 Å². The van der Waals surface area contributed by atoms with E-state index in [1.807, 2.05) is 5.32 Å². The zero-order valence-electron chi connectivity index (χ0n) is 20.7. The summed E-state index contributed by atoms with van der Waals surface area (Å²) in [4.78, 5) is 38.4. The molecule has 1 amide bonds. The monoisotopic (exact) mass is 512 g/mol. The van der Waals surface area contributed by atoms with Crippen LogP contribution in [0.1, 0.15) is 59.7 Å². The highest BCUT2D eigenvalue weighted by molar-refractivity contribution is 6.07. The highest BCUT2D eigenvalue weighted by Crippen LogP contribution is 2.42. The van der Waals surface area contributed by atoms with Crippen molar-refractivity contribution < 1.29 is 41.8 Å². The van der Waals surface area contributed by atoms with E-state index in [2.05, 4.69) is 4.90 Å². The highest BCUT2D eigenvalue weighted by atomic mass is 19.4. The predicted octanol–water partition coefficient (Wildman–Crippen LogP) is 4.08. The fraction of sp³-hybridized carbons (Fsp3) is 0.560. The van der Waals surface area contributed by atoms with Crippen LogP contribution in [0.5, 0.6) is 5.75 Å². The lowest BCUT2D eigenvalue weighted by molar-refractivity contribution is -0.167. The normalized spacial score (nSPS) is 16.1. The van der Waals surface area contributed by atoms with Gasteiger partial charge in [-0.1, -0.05) is 11.6 Å². The van der Waals surface area contributed by atoms with Gasteiger partial charge in [0.2, 0.25) is 0 Å². The molecule has 1 aromatic carbocycles. The second-order valence-corrected chi connectivity index (χ2v) is 8.92. The first-order valence-electron chi connectivity index (χ1n) is 11.8. The number of fused-ring (bicyclic) bond motifs is 1. The SMILES string of the molecule is COc1c(C)c2c(c(NC(=O)C(F)(F)F)c1CC=C(C)CCC(=O)OCCN1CCCC1)C(=O)OC2. The Morgan fingerprint density at radius 3 is 2.53 bits per heavy atom. The van der Waals surface area contributed by atoms with E-state index in [1.54, 1.807) is 19.9 Å². The summed E-state index contributed by atoms with van der Waals surface area (Å²) in [7, 11) is 1.36. The lowest BCUT2D eigenvalue weighted by atomic mass is 9.93. The number of carbonyl (C=O) groups is 3. The molecule has 0 spiro atoms. The fourth-order valence-electron chi connectivity index (χ4n) is 4.42. The number of halogens is 3. The molecule has 0 aromatic heterocycles. The molecule has 2 aliphatic heterocycles. The number of alkyl halides is 3. The minimum atomic E-state index is -5.15. The van der Waals surface area contributed by atoms with Gasteiger partial charge in [0.15, 0.2) is 0 Å². The second kappa shape index (κ2) is 11.8. The lowest BCUT2D eigenvalue weighted by Gasteiger charge is -2.20. The van der Waals surface area contributed by atoms with Gasteiger partial charge in [0.1, 0.15) is 19.0 Å². The maximum atomic E-state index is 13.0. The van der Waals surface area contributed by atoms with Crippen LogP contribution in [0, 0.1) is 6.92 Å². The molecule has 0 aliphatic carbocycles. The average Bonchev–Trinajstić information content (AvgIpc) is 3.47. The van der Waals surface area contributed by atoms with Crippen LogP contribution >= 0.6 is 0 Å². The largest absolute Gasteiger partial charge is 0.496 e. The van der Waals surface area contributed by atoms with Crippen molar-refractivity contribution in [2.75, 3.05) is 38.7 Å². The first kappa shape index (κ1) is 27.5.